The minimum Gasteiger partial charge on any atom is -0.444 e. The summed E-state index contributed by atoms with van der Waals surface area (Å²) >= 11 is 0. The number of hydrogen-bond acceptors (Lipinski definition) is 4. The molecule has 0 spiro atoms. The van der Waals surface area contributed by atoms with Crippen molar-refractivity contribution in [2.45, 2.75) is 45.7 Å². The van der Waals surface area contributed by atoms with E-state index in [1.54, 1.807) is 27.7 Å². The van der Waals surface area contributed by atoms with Crippen molar-refractivity contribution in [2.24, 2.45) is 0 Å². The van der Waals surface area contributed by atoms with E-state index in [1.165, 1.54) is 12.1 Å². The van der Waals surface area contributed by atoms with Gasteiger partial charge in [0.15, 0.2) is 0 Å². The molecule has 6 nitrogen and oxygen atoms in total. The molecule has 0 aliphatic heterocycles. The van der Waals surface area contributed by atoms with Crippen molar-refractivity contribution in [3.05, 3.63) is 29.8 Å². The van der Waals surface area contributed by atoms with Crippen LogP contribution in [0, 0.1) is 0 Å². The van der Waals surface area contributed by atoms with E-state index in [-0.39, 0.29) is 12.3 Å². The van der Waals surface area contributed by atoms with Crippen molar-refractivity contribution in [2.75, 3.05) is 6.54 Å². The fourth-order valence-corrected chi connectivity index (χ4v) is 1.80. The maximum absolute atomic E-state index is 12.1. The van der Waals surface area contributed by atoms with Gasteiger partial charge in [0.1, 0.15) is 17.9 Å². The normalized spacial score (nSPS) is 12.9. The predicted octanol–water partition coefficient (Wildman–Crippen LogP) is 3.29. The number of alkyl halides is 3. The van der Waals surface area contributed by atoms with Crippen molar-refractivity contribution in [3.8, 4) is 5.75 Å². The van der Waals surface area contributed by atoms with Crippen molar-refractivity contribution < 1.29 is 32.2 Å². The van der Waals surface area contributed by atoms with Gasteiger partial charge in [-0.2, -0.15) is 0 Å². The maximum Gasteiger partial charge on any atom is 0.573 e. The Kier molecular flexibility index (Phi) is 6.66. The molecule has 25 heavy (non-hydrogen) atoms. The third-order valence-corrected chi connectivity index (χ3v) is 2.78. The van der Waals surface area contributed by atoms with E-state index in [2.05, 4.69) is 15.4 Å². The van der Waals surface area contributed by atoms with Crippen molar-refractivity contribution >= 4 is 12.0 Å². The summed E-state index contributed by atoms with van der Waals surface area (Å²) in [6.45, 7) is 6.46. The molecule has 9 heteroatoms. The van der Waals surface area contributed by atoms with Crippen LogP contribution in [0.15, 0.2) is 24.3 Å². The van der Waals surface area contributed by atoms with E-state index in [1.807, 2.05) is 0 Å². The number of ether oxygens (including phenoxy) is 2. The zero-order chi connectivity index (χ0) is 19.3. The fourth-order valence-electron chi connectivity index (χ4n) is 1.80. The molecule has 1 aromatic rings. The quantitative estimate of drug-likeness (QED) is 0.843. The third kappa shape index (κ3) is 8.83. The Balaban J connectivity index is 2.48. The summed E-state index contributed by atoms with van der Waals surface area (Å²) in [5.41, 5.74) is -0.0891. The molecule has 2 N–H and O–H groups in total. The van der Waals surface area contributed by atoms with Crippen LogP contribution in [0.4, 0.5) is 18.0 Å². The second-order valence-corrected chi connectivity index (χ2v) is 6.26. The number of benzene rings is 1. The van der Waals surface area contributed by atoms with E-state index in [4.69, 9.17) is 4.74 Å². The first-order chi connectivity index (χ1) is 11.4. The lowest BCUT2D eigenvalue weighted by atomic mass is 10.1. The van der Waals surface area contributed by atoms with E-state index in [0.29, 0.717) is 5.56 Å². The van der Waals surface area contributed by atoms with E-state index in [0.717, 1.165) is 12.1 Å². The maximum atomic E-state index is 12.1. The zero-order valence-electron chi connectivity index (χ0n) is 14.4. The Morgan fingerprint density at radius 1 is 1.12 bits per heavy atom. The number of amides is 2. The van der Waals surface area contributed by atoms with Gasteiger partial charge in [0.05, 0.1) is 6.04 Å². The molecule has 0 unspecified atom stereocenters. The van der Waals surface area contributed by atoms with Gasteiger partial charge < -0.3 is 20.1 Å². The number of halogens is 3. The minimum atomic E-state index is -4.76. The van der Waals surface area contributed by atoms with Gasteiger partial charge in [-0.05, 0) is 45.4 Å². The third-order valence-electron chi connectivity index (χ3n) is 2.78. The molecule has 1 aromatic carbocycles. The minimum absolute atomic E-state index is 0.283. The molecule has 0 aliphatic rings. The summed E-state index contributed by atoms with van der Waals surface area (Å²) in [7, 11) is 0. The van der Waals surface area contributed by atoms with Crippen LogP contribution in [0.1, 0.15) is 39.3 Å². The van der Waals surface area contributed by atoms with Gasteiger partial charge in [0.2, 0.25) is 5.91 Å². The second kappa shape index (κ2) is 8.09. The van der Waals surface area contributed by atoms with E-state index in [9.17, 15) is 22.8 Å². The van der Waals surface area contributed by atoms with Gasteiger partial charge >= 0.3 is 12.5 Å². The molecular weight excluding hydrogens is 341 g/mol. The van der Waals surface area contributed by atoms with Crippen molar-refractivity contribution in [3.63, 3.8) is 0 Å². The highest BCUT2D eigenvalue weighted by molar-refractivity contribution is 5.82. The average Bonchev–Trinajstić information content (AvgIpc) is 2.42. The van der Waals surface area contributed by atoms with Crippen LogP contribution in [-0.2, 0) is 9.53 Å². The summed E-state index contributed by atoms with van der Waals surface area (Å²) in [5, 5.41) is 4.92. The van der Waals surface area contributed by atoms with Gasteiger partial charge in [-0.3, -0.25) is 4.79 Å². The van der Waals surface area contributed by atoms with Crippen LogP contribution in [0.2, 0.25) is 0 Å². The van der Waals surface area contributed by atoms with Crippen LogP contribution < -0.4 is 15.4 Å². The van der Waals surface area contributed by atoms with Gasteiger partial charge in [-0.25, -0.2) is 4.79 Å². The standard InChI is InChI=1S/C16H21F3N2O4/c1-10(11-5-7-12(8-6-11)24-16(17,18)19)21-13(22)9-20-14(23)25-15(2,3)4/h5-8,10H,9H2,1-4H3,(H,20,23)(H,21,22)/t10-/m0/s1. The first-order valence-electron chi connectivity index (χ1n) is 7.47. The molecule has 0 heterocycles. The lowest BCUT2D eigenvalue weighted by Crippen LogP contribution is -2.40. The molecule has 0 fully saturated rings. The van der Waals surface area contributed by atoms with Crippen LogP contribution in [0.3, 0.4) is 0 Å². The Labute approximate surface area is 143 Å². The van der Waals surface area contributed by atoms with Gasteiger partial charge in [-0.15, -0.1) is 13.2 Å². The number of nitrogens with one attached hydrogen (secondary N) is 2. The smallest absolute Gasteiger partial charge is 0.444 e. The number of carbonyl (C=O) groups is 2. The lowest BCUT2D eigenvalue weighted by Gasteiger charge is -2.20. The van der Waals surface area contributed by atoms with Gasteiger partial charge in [0.25, 0.3) is 0 Å². The lowest BCUT2D eigenvalue weighted by molar-refractivity contribution is -0.274. The van der Waals surface area contributed by atoms with E-state index < -0.39 is 30.0 Å². The number of hydrogen-bond donors (Lipinski definition) is 2. The Bertz CT molecular complexity index is 595. The summed E-state index contributed by atoms with van der Waals surface area (Å²) in [6, 6.07) is 4.67. The number of alkyl carbamates (subject to hydrolysis) is 1. The van der Waals surface area contributed by atoms with Crippen LogP contribution >= 0.6 is 0 Å². The Hall–Kier alpha value is -2.45. The molecule has 0 bridgehead atoms. The van der Waals surface area contributed by atoms with E-state index >= 15 is 0 Å². The monoisotopic (exact) mass is 362 g/mol. The zero-order valence-corrected chi connectivity index (χ0v) is 14.4. The molecule has 140 valence electrons. The highest BCUT2D eigenvalue weighted by atomic mass is 19.4. The Morgan fingerprint density at radius 2 is 1.68 bits per heavy atom. The van der Waals surface area contributed by atoms with Crippen molar-refractivity contribution in [1.82, 2.24) is 10.6 Å². The summed E-state index contributed by atoms with van der Waals surface area (Å²) < 4.78 is 45.1. The summed E-state index contributed by atoms with van der Waals surface area (Å²) in [6.07, 6.45) is -5.47. The highest BCUT2D eigenvalue weighted by Crippen LogP contribution is 2.24. The molecule has 1 rings (SSSR count). The first-order valence-corrected chi connectivity index (χ1v) is 7.47. The van der Waals surface area contributed by atoms with Crippen LogP contribution in [-0.4, -0.2) is 30.5 Å². The second-order valence-electron chi connectivity index (χ2n) is 6.26. The SMILES string of the molecule is C[C@H](NC(=O)CNC(=O)OC(C)(C)C)c1ccc(OC(F)(F)F)cc1. The highest BCUT2D eigenvalue weighted by Gasteiger charge is 2.31. The molecule has 0 aromatic heterocycles. The molecule has 0 radical (unpaired) electrons. The number of rotatable bonds is 5. The molecule has 0 saturated carbocycles. The average molecular weight is 362 g/mol. The first kappa shape index (κ1) is 20.6. The summed E-state index contributed by atoms with van der Waals surface area (Å²) in [4.78, 5) is 23.2. The van der Waals surface area contributed by atoms with Crippen molar-refractivity contribution in [1.29, 1.82) is 0 Å². The molecule has 0 saturated heterocycles. The Morgan fingerprint density at radius 3 is 2.16 bits per heavy atom. The fraction of sp³-hybridized carbons (Fsp3) is 0.500. The summed E-state index contributed by atoms with van der Waals surface area (Å²) in [5.74, 6) is -0.810. The molecule has 0 aliphatic carbocycles. The van der Waals surface area contributed by atoms with Crippen LogP contribution in [0.5, 0.6) is 5.75 Å². The van der Waals surface area contributed by atoms with Crippen LogP contribution in [0.25, 0.3) is 0 Å². The van der Waals surface area contributed by atoms with Gasteiger partial charge in [-0.1, -0.05) is 12.1 Å². The van der Waals surface area contributed by atoms with Gasteiger partial charge in [0, 0.05) is 0 Å². The molecule has 1 atom stereocenters. The predicted molar refractivity (Wildman–Crippen MR) is 83.9 cm³/mol. The molecular formula is C16H21F3N2O4. The molecule has 2 amide bonds. The largest absolute Gasteiger partial charge is 0.573 e. The topological polar surface area (TPSA) is 76.7 Å². The number of carbonyl (C=O) groups excluding carboxylic acids is 2.